The van der Waals surface area contributed by atoms with E-state index in [9.17, 15) is 9.59 Å². The smallest absolute Gasteiger partial charge is 0.465 e. The van der Waals surface area contributed by atoms with Gasteiger partial charge in [-0.25, -0.2) is 9.59 Å². The highest BCUT2D eigenvalue weighted by Gasteiger charge is 2.52. The highest BCUT2D eigenvalue weighted by Crippen LogP contribution is 2.39. The average Bonchev–Trinajstić information content (AvgIpc) is 3.11. The number of carbonyl (C=O) groups excluding carboxylic acids is 2. The molecule has 1 saturated heterocycles. The van der Waals surface area contributed by atoms with Crippen molar-refractivity contribution in [3.8, 4) is 0 Å². The fourth-order valence-electron chi connectivity index (χ4n) is 2.58. The minimum atomic E-state index is -0.680. The molecule has 0 atom stereocenters. The SMILES string of the molecule is COC(=O)c1sccc1C=C(CNC(=O)OC(C)(C)C)B1OC(C)(C)C(C)(C)O1. The Balaban J connectivity index is 2.31. The average molecular weight is 423 g/mol. The van der Waals surface area contributed by atoms with Crippen molar-refractivity contribution >= 4 is 36.6 Å². The molecule has 2 rings (SSSR count). The van der Waals surface area contributed by atoms with Crippen LogP contribution in [0, 0.1) is 0 Å². The number of alkyl carbamates (subject to hydrolysis) is 1. The van der Waals surface area contributed by atoms with Crippen LogP contribution in [0.15, 0.2) is 16.9 Å². The van der Waals surface area contributed by atoms with Gasteiger partial charge in [-0.3, -0.25) is 0 Å². The van der Waals surface area contributed by atoms with Gasteiger partial charge in [-0.05, 0) is 70.9 Å². The minimum Gasteiger partial charge on any atom is -0.465 e. The van der Waals surface area contributed by atoms with Crippen LogP contribution < -0.4 is 5.32 Å². The van der Waals surface area contributed by atoms with E-state index in [-0.39, 0.29) is 6.54 Å². The lowest BCUT2D eigenvalue weighted by Gasteiger charge is -2.32. The Morgan fingerprint density at radius 1 is 1.21 bits per heavy atom. The molecule has 0 aromatic carbocycles. The van der Waals surface area contributed by atoms with Gasteiger partial charge < -0.3 is 24.1 Å². The summed E-state index contributed by atoms with van der Waals surface area (Å²) in [5.41, 5.74) is -0.343. The summed E-state index contributed by atoms with van der Waals surface area (Å²) in [5.74, 6) is -0.417. The number of thiophene rings is 1. The lowest BCUT2D eigenvalue weighted by atomic mass is 9.77. The molecule has 0 spiro atoms. The van der Waals surface area contributed by atoms with Crippen LogP contribution in [-0.4, -0.2) is 49.6 Å². The molecule has 1 aliphatic rings. The van der Waals surface area contributed by atoms with Gasteiger partial charge in [-0.2, -0.15) is 0 Å². The summed E-state index contributed by atoms with van der Waals surface area (Å²) < 4.78 is 22.4. The summed E-state index contributed by atoms with van der Waals surface area (Å²) in [6, 6.07) is 1.82. The standard InChI is InChI=1S/C20H30BNO6S/c1-18(2,3)26-17(24)22-12-14(21-27-19(4,5)20(6,7)28-21)11-13-9-10-29-15(13)16(23)25-8/h9-11H,12H2,1-8H3,(H,22,24). The first-order chi connectivity index (χ1) is 13.3. The van der Waals surface area contributed by atoms with Crippen molar-refractivity contribution in [3.63, 3.8) is 0 Å². The Kier molecular flexibility index (Phi) is 6.87. The van der Waals surface area contributed by atoms with Crippen LogP contribution in [0.25, 0.3) is 6.08 Å². The third kappa shape index (κ3) is 5.84. The molecule has 0 saturated carbocycles. The third-order valence-corrected chi connectivity index (χ3v) is 5.71. The van der Waals surface area contributed by atoms with Gasteiger partial charge in [0.05, 0.1) is 18.3 Å². The molecule has 1 aromatic rings. The molecule has 0 unspecified atom stereocenters. The number of nitrogens with one attached hydrogen (secondary N) is 1. The van der Waals surface area contributed by atoms with Crippen molar-refractivity contribution in [1.29, 1.82) is 0 Å². The van der Waals surface area contributed by atoms with E-state index in [0.717, 1.165) is 0 Å². The van der Waals surface area contributed by atoms with Crippen molar-refractivity contribution in [2.45, 2.75) is 65.3 Å². The number of carbonyl (C=O) groups is 2. The maximum absolute atomic E-state index is 12.1. The first kappa shape index (κ1) is 23.4. The topological polar surface area (TPSA) is 83.1 Å². The molecular formula is C20H30BNO6S. The summed E-state index contributed by atoms with van der Waals surface area (Å²) in [7, 11) is 0.662. The second-order valence-corrected chi connectivity index (χ2v) is 9.78. The summed E-state index contributed by atoms with van der Waals surface area (Å²) in [6.45, 7) is 13.4. The van der Waals surface area contributed by atoms with Gasteiger partial charge in [-0.1, -0.05) is 6.08 Å². The fraction of sp³-hybridized carbons (Fsp3) is 0.600. The fourth-order valence-corrected chi connectivity index (χ4v) is 3.37. The molecule has 1 N–H and O–H groups in total. The predicted octanol–water partition coefficient (Wildman–Crippen LogP) is 4.07. The van der Waals surface area contributed by atoms with Crippen molar-refractivity contribution < 1.29 is 28.4 Å². The zero-order valence-electron chi connectivity index (χ0n) is 18.4. The van der Waals surface area contributed by atoms with Gasteiger partial charge >= 0.3 is 19.2 Å². The van der Waals surface area contributed by atoms with Gasteiger partial charge in [0.25, 0.3) is 0 Å². The van der Waals surface area contributed by atoms with E-state index in [1.807, 2.05) is 33.8 Å². The van der Waals surface area contributed by atoms with Crippen molar-refractivity contribution in [2.24, 2.45) is 0 Å². The normalized spacial score (nSPS) is 18.5. The largest absolute Gasteiger partial charge is 0.492 e. The minimum absolute atomic E-state index is 0.141. The van der Waals surface area contributed by atoms with Gasteiger partial charge in [0.1, 0.15) is 10.5 Å². The zero-order valence-corrected chi connectivity index (χ0v) is 19.2. The maximum atomic E-state index is 12.1. The van der Waals surface area contributed by atoms with Gasteiger partial charge in [-0.15, -0.1) is 11.3 Å². The van der Waals surface area contributed by atoms with Crippen LogP contribution in [0.3, 0.4) is 0 Å². The van der Waals surface area contributed by atoms with Crippen LogP contribution in [0.5, 0.6) is 0 Å². The van der Waals surface area contributed by atoms with Crippen LogP contribution in [0.4, 0.5) is 4.79 Å². The maximum Gasteiger partial charge on any atom is 0.492 e. The molecule has 1 amide bonds. The Morgan fingerprint density at radius 3 is 2.31 bits per heavy atom. The molecule has 29 heavy (non-hydrogen) atoms. The second kappa shape index (κ2) is 8.49. The summed E-state index contributed by atoms with van der Waals surface area (Å²) in [6.07, 6.45) is 1.25. The Hall–Kier alpha value is -1.84. The van der Waals surface area contributed by atoms with E-state index in [4.69, 9.17) is 18.8 Å². The van der Waals surface area contributed by atoms with Crippen molar-refractivity contribution in [1.82, 2.24) is 5.32 Å². The second-order valence-electron chi connectivity index (χ2n) is 8.86. The van der Waals surface area contributed by atoms with Crippen LogP contribution >= 0.6 is 11.3 Å². The van der Waals surface area contributed by atoms with Gasteiger partial charge in [0.15, 0.2) is 0 Å². The predicted molar refractivity (Wildman–Crippen MR) is 114 cm³/mol. The molecule has 2 heterocycles. The number of ether oxygens (including phenoxy) is 2. The molecule has 0 radical (unpaired) electrons. The highest BCUT2D eigenvalue weighted by molar-refractivity contribution is 7.12. The number of rotatable bonds is 5. The molecule has 0 aliphatic carbocycles. The number of methoxy groups -OCH3 is 1. The molecule has 7 nitrogen and oxygen atoms in total. The summed E-state index contributed by atoms with van der Waals surface area (Å²) >= 11 is 1.29. The van der Waals surface area contributed by atoms with Crippen LogP contribution in [-0.2, 0) is 18.8 Å². The van der Waals surface area contributed by atoms with E-state index in [1.54, 1.807) is 32.2 Å². The lowest BCUT2D eigenvalue weighted by molar-refractivity contribution is 0.00578. The quantitative estimate of drug-likeness (QED) is 0.568. The van der Waals surface area contributed by atoms with Crippen LogP contribution in [0.2, 0.25) is 0 Å². The Morgan fingerprint density at radius 2 is 1.79 bits per heavy atom. The number of hydrogen-bond donors (Lipinski definition) is 1. The van der Waals surface area contributed by atoms with Gasteiger partial charge in [0, 0.05) is 6.54 Å². The van der Waals surface area contributed by atoms with Crippen LogP contribution in [0.1, 0.15) is 63.7 Å². The molecule has 1 aromatic heterocycles. The zero-order chi connectivity index (χ0) is 22.0. The Labute approximate surface area is 176 Å². The number of esters is 1. The highest BCUT2D eigenvalue weighted by atomic mass is 32.1. The molecule has 9 heteroatoms. The monoisotopic (exact) mass is 423 g/mol. The summed E-state index contributed by atoms with van der Waals surface area (Å²) in [5, 5.41) is 4.55. The molecule has 0 bridgehead atoms. The van der Waals surface area contributed by atoms with E-state index in [1.165, 1.54) is 18.4 Å². The molecule has 1 fully saturated rings. The number of amides is 1. The van der Waals surface area contributed by atoms with Crippen molar-refractivity contribution in [2.75, 3.05) is 13.7 Å². The summed E-state index contributed by atoms with van der Waals surface area (Å²) in [4.78, 5) is 24.6. The Bertz CT molecular complexity index is 777. The molecule has 1 aliphatic heterocycles. The van der Waals surface area contributed by atoms with E-state index >= 15 is 0 Å². The molecular weight excluding hydrogens is 393 g/mol. The van der Waals surface area contributed by atoms with E-state index < -0.39 is 36.0 Å². The van der Waals surface area contributed by atoms with Gasteiger partial charge in [0.2, 0.25) is 0 Å². The third-order valence-electron chi connectivity index (χ3n) is 4.80. The first-order valence-corrected chi connectivity index (χ1v) is 10.3. The first-order valence-electron chi connectivity index (χ1n) is 9.44. The molecule has 160 valence electrons. The van der Waals surface area contributed by atoms with Crippen molar-refractivity contribution in [3.05, 3.63) is 27.4 Å². The van der Waals surface area contributed by atoms with E-state index in [2.05, 4.69) is 5.32 Å². The van der Waals surface area contributed by atoms with E-state index in [0.29, 0.717) is 15.9 Å². The number of hydrogen-bond acceptors (Lipinski definition) is 7. The lowest BCUT2D eigenvalue weighted by Crippen LogP contribution is -2.41.